The molecule has 2 N–H and O–H groups in total. The third-order valence-electron chi connectivity index (χ3n) is 4.67. The van der Waals surface area contributed by atoms with Crippen molar-refractivity contribution in [1.82, 2.24) is 15.2 Å². The number of nitrogens with zero attached hydrogens (tertiary/aromatic N) is 2. The first kappa shape index (κ1) is 19.5. The monoisotopic (exact) mass is 385 g/mol. The second-order valence-electron chi connectivity index (χ2n) is 6.51. The number of urea groups is 1. The van der Waals surface area contributed by atoms with E-state index in [1.807, 2.05) is 18.2 Å². The van der Waals surface area contributed by atoms with Crippen LogP contribution in [-0.2, 0) is 11.3 Å². The Balaban J connectivity index is 1.59. The Morgan fingerprint density at radius 2 is 1.96 bits per heavy atom. The molecular formula is C20H23N3O5. The molecule has 3 rings (SSSR count). The summed E-state index contributed by atoms with van der Waals surface area (Å²) in [6.07, 6.45) is 2.57. The van der Waals surface area contributed by atoms with E-state index in [2.05, 4.69) is 10.3 Å². The molecular weight excluding hydrogens is 362 g/mol. The fraction of sp³-hybridized carbons (Fsp3) is 0.350. The van der Waals surface area contributed by atoms with Crippen LogP contribution in [0.15, 0.2) is 42.6 Å². The van der Waals surface area contributed by atoms with E-state index < -0.39 is 5.97 Å². The number of nitrogens with one attached hydrogen (secondary N) is 1. The molecule has 2 aromatic rings. The van der Waals surface area contributed by atoms with Gasteiger partial charge in [0.2, 0.25) is 5.88 Å². The zero-order valence-electron chi connectivity index (χ0n) is 15.6. The summed E-state index contributed by atoms with van der Waals surface area (Å²) in [6.45, 7) is 1.12. The number of carbonyl (C=O) groups is 2. The van der Waals surface area contributed by atoms with Crippen molar-refractivity contribution in [1.29, 1.82) is 0 Å². The van der Waals surface area contributed by atoms with Crippen LogP contribution in [0.25, 0.3) is 0 Å². The van der Waals surface area contributed by atoms with Crippen LogP contribution in [0.2, 0.25) is 0 Å². The Kier molecular flexibility index (Phi) is 6.31. The molecule has 0 radical (unpaired) electrons. The highest BCUT2D eigenvalue weighted by Crippen LogP contribution is 2.26. The normalized spacial score (nSPS) is 14.4. The molecule has 2 heterocycles. The number of benzene rings is 1. The number of rotatable bonds is 6. The van der Waals surface area contributed by atoms with Gasteiger partial charge in [-0.25, -0.2) is 9.78 Å². The van der Waals surface area contributed by atoms with Gasteiger partial charge in [-0.05, 0) is 31.0 Å². The van der Waals surface area contributed by atoms with Crippen molar-refractivity contribution in [3.63, 3.8) is 0 Å². The van der Waals surface area contributed by atoms with Crippen LogP contribution in [0, 0.1) is 5.92 Å². The highest BCUT2D eigenvalue weighted by Gasteiger charge is 2.26. The number of ether oxygens (including phenoxy) is 2. The van der Waals surface area contributed by atoms with Crippen LogP contribution in [0.3, 0.4) is 0 Å². The number of aliphatic carboxylic acids is 1. The van der Waals surface area contributed by atoms with Gasteiger partial charge in [0.05, 0.1) is 13.0 Å². The summed E-state index contributed by atoms with van der Waals surface area (Å²) in [6, 6.07) is 10.6. The number of aromatic nitrogens is 1. The van der Waals surface area contributed by atoms with Crippen molar-refractivity contribution in [3.8, 4) is 17.4 Å². The van der Waals surface area contributed by atoms with Crippen LogP contribution in [0.4, 0.5) is 4.79 Å². The minimum absolute atomic E-state index is 0.222. The van der Waals surface area contributed by atoms with E-state index in [-0.39, 0.29) is 18.5 Å². The predicted octanol–water partition coefficient (Wildman–Crippen LogP) is 2.89. The van der Waals surface area contributed by atoms with Gasteiger partial charge in [-0.3, -0.25) is 4.79 Å². The van der Waals surface area contributed by atoms with Crippen molar-refractivity contribution in [3.05, 3.63) is 48.2 Å². The first-order valence-electron chi connectivity index (χ1n) is 9.08. The Morgan fingerprint density at radius 3 is 2.68 bits per heavy atom. The summed E-state index contributed by atoms with van der Waals surface area (Å²) in [4.78, 5) is 29.3. The van der Waals surface area contributed by atoms with Gasteiger partial charge in [0.15, 0.2) is 0 Å². The number of carbonyl (C=O) groups excluding carboxylic acids is 1. The molecule has 8 heteroatoms. The van der Waals surface area contributed by atoms with Gasteiger partial charge in [-0.1, -0.05) is 12.1 Å². The maximum atomic E-state index is 12.4. The highest BCUT2D eigenvalue weighted by molar-refractivity contribution is 5.75. The summed E-state index contributed by atoms with van der Waals surface area (Å²) < 4.78 is 11.0. The topological polar surface area (TPSA) is 101 Å². The minimum Gasteiger partial charge on any atom is -0.497 e. The molecule has 0 spiro atoms. The summed E-state index contributed by atoms with van der Waals surface area (Å²) in [5.41, 5.74) is 0.735. The third kappa shape index (κ3) is 4.91. The first-order valence-corrected chi connectivity index (χ1v) is 9.08. The van der Waals surface area contributed by atoms with Gasteiger partial charge in [0, 0.05) is 37.5 Å². The predicted molar refractivity (Wildman–Crippen MR) is 101 cm³/mol. The summed E-state index contributed by atoms with van der Waals surface area (Å²) in [5, 5.41) is 11.9. The molecule has 1 saturated heterocycles. The molecule has 1 aliphatic rings. The van der Waals surface area contributed by atoms with Crippen LogP contribution >= 0.6 is 0 Å². The maximum absolute atomic E-state index is 12.4. The van der Waals surface area contributed by atoms with E-state index in [0.717, 1.165) is 5.56 Å². The number of pyridine rings is 1. The molecule has 0 saturated carbocycles. The number of likely N-dealkylation sites (tertiary alicyclic amines) is 1. The quantitative estimate of drug-likeness (QED) is 0.793. The van der Waals surface area contributed by atoms with Gasteiger partial charge in [-0.2, -0.15) is 0 Å². The first-order chi connectivity index (χ1) is 13.6. The largest absolute Gasteiger partial charge is 0.497 e. The second-order valence-corrected chi connectivity index (χ2v) is 6.51. The SMILES string of the molecule is COc1cccc(Oc2ncccc2CNC(=O)N2CCC(C(=O)O)CC2)c1. The van der Waals surface area contributed by atoms with E-state index >= 15 is 0 Å². The summed E-state index contributed by atoms with van der Waals surface area (Å²) in [7, 11) is 1.58. The lowest BCUT2D eigenvalue weighted by Gasteiger charge is -2.30. The van der Waals surface area contributed by atoms with Gasteiger partial charge in [0.1, 0.15) is 11.5 Å². The van der Waals surface area contributed by atoms with Crippen molar-refractivity contribution in [2.75, 3.05) is 20.2 Å². The fourth-order valence-corrected chi connectivity index (χ4v) is 3.04. The van der Waals surface area contributed by atoms with Gasteiger partial charge < -0.3 is 24.8 Å². The molecule has 28 heavy (non-hydrogen) atoms. The van der Waals surface area contributed by atoms with Crippen molar-refractivity contribution < 1.29 is 24.2 Å². The molecule has 1 aliphatic heterocycles. The van der Waals surface area contributed by atoms with Crippen LogP contribution in [0.5, 0.6) is 17.4 Å². The molecule has 0 unspecified atom stereocenters. The molecule has 0 bridgehead atoms. The van der Waals surface area contributed by atoms with Crippen molar-refractivity contribution in [2.45, 2.75) is 19.4 Å². The van der Waals surface area contributed by atoms with E-state index in [1.54, 1.807) is 36.4 Å². The Labute approximate surface area is 163 Å². The van der Waals surface area contributed by atoms with Crippen LogP contribution in [-0.4, -0.2) is 47.2 Å². The number of piperidine rings is 1. The fourth-order valence-electron chi connectivity index (χ4n) is 3.04. The summed E-state index contributed by atoms with van der Waals surface area (Å²) in [5.74, 6) is 0.495. The Morgan fingerprint density at radius 1 is 1.21 bits per heavy atom. The standard InChI is InChI=1S/C20H23N3O5/c1-27-16-5-2-6-17(12-16)28-18-15(4-3-9-21-18)13-22-20(26)23-10-7-14(8-11-23)19(24)25/h2-6,9,12,14H,7-8,10-11,13H2,1H3,(H,22,26)(H,24,25). The van der Waals surface area contributed by atoms with E-state index in [1.165, 1.54) is 0 Å². The smallest absolute Gasteiger partial charge is 0.317 e. The van der Waals surface area contributed by atoms with E-state index in [0.29, 0.717) is 43.3 Å². The number of methoxy groups -OCH3 is 1. The molecule has 1 aromatic carbocycles. The third-order valence-corrected chi connectivity index (χ3v) is 4.67. The minimum atomic E-state index is -0.797. The van der Waals surface area contributed by atoms with Gasteiger partial charge in [0.25, 0.3) is 0 Å². The molecule has 1 fully saturated rings. The Bertz CT molecular complexity index is 834. The van der Waals surface area contributed by atoms with E-state index in [4.69, 9.17) is 14.6 Å². The Hall–Kier alpha value is -3.29. The van der Waals surface area contributed by atoms with Gasteiger partial charge >= 0.3 is 12.0 Å². The zero-order chi connectivity index (χ0) is 19.9. The molecule has 0 atom stereocenters. The maximum Gasteiger partial charge on any atom is 0.317 e. The molecule has 148 valence electrons. The molecule has 2 amide bonds. The van der Waals surface area contributed by atoms with Gasteiger partial charge in [-0.15, -0.1) is 0 Å². The lowest BCUT2D eigenvalue weighted by molar-refractivity contribution is -0.143. The number of hydrogen-bond donors (Lipinski definition) is 2. The summed E-state index contributed by atoms with van der Waals surface area (Å²) >= 11 is 0. The lowest BCUT2D eigenvalue weighted by Crippen LogP contribution is -2.45. The molecule has 1 aromatic heterocycles. The van der Waals surface area contributed by atoms with Crippen molar-refractivity contribution in [2.24, 2.45) is 5.92 Å². The zero-order valence-corrected chi connectivity index (χ0v) is 15.6. The average Bonchev–Trinajstić information content (AvgIpc) is 2.73. The number of hydrogen-bond acceptors (Lipinski definition) is 5. The molecule has 0 aliphatic carbocycles. The lowest BCUT2D eigenvalue weighted by atomic mass is 9.97. The van der Waals surface area contributed by atoms with Crippen molar-refractivity contribution >= 4 is 12.0 Å². The average molecular weight is 385 g/mol. The number of carboxylic acid groups (broad SMARTS) is 1. The molecule has 8 nitrogen and oxygen atoms in total. The highest BCUT2D eigenvalue weighted by atomic mass is 16.5. The van der Waals surface area contributed by atoms with Crippen LogP contribution in [0.1, 0.15) is 18.4 Å². The van der Waals surface area contributed by atoms with Crippen LogP contribution < -0.4 is 14.8 Å². The second kappa shape index (κ2) is 9.07. The van der Waals surface area contributed by atoms with E-state index in [9.17, 15) is 9.59 Å². The number of carboxylic acids is 1. The number of amides is 2.